The van der Waals surface area contributed by atoms with Crippen LogP contribution in [0.5, 0.6) is 0 Å². The number of benzene rings is 3. The van der Waals surface area contributed by atoms with Gasteiger partial charge in [-0.25, -0.2) is 13.2 Å². The molecule has 4 rings (SSSR count). The van der Waals surface area contributed by atoms with Gasteiger partial charge in [-0.05, 0) is 78.7 Å². The van der Waals surface area contributed by atoms with Crippen molar-refractivity contribution in [1.82, 2.24) is 0 Å². The summed E-state index contributed by atoms with van der Waals surface area (Å²) in [6.07, 6.45) is 11.6. The summed E-state index contributed by atoms with van der Waals surface area (Å²) in [4.78, 5) is 0. The Morgan fingerprint density at radius 1 is 0.800 bits per heavy atom. The minimum absolute atomic E-state index is 0.110. The topological polar surface area (TPSA) is 0 Å². The summed E-state index contributed by atoms with van der Waals surface area (Å²) in [6.45, 7) is 4.32. The number of aryl methyl sites for hydroxylation is 1. The largest absolute Gasteiger partial charge is 0.206 e. The molecule has 3 aromatic carbocycles. The van der Waals surface area contributed by atoms with Crippen LogP contribution in [0.4, 0.5) is 13.2 Å². The predicted octanol–water partition coefficient (Wildman–Crippen LogP) is 9.97. The predicted molar refractivity (Wildman–Crippen MR) is 141 cm³/mol. The van der Waals surface area contributed by atoms with Crippen LogP contribution in [-0.2, 0) is 6.42 Å². The highest BCUT2D eigenvalue weighted by molar-refractivity contribution is 5.72. The first kappa shape index (κ1) is 25.3. The van der Waals surface area contributed by atoms with E-state index < -0.39 is 11.6 Å². The summed E-state index contributed by atoms with van der Waals surface area (Å²) in [7, 11) is 0. The van der Waals surface area contributed by atoms with Gasteiger partial charge in [-0.1, -0.05) is 87.4 Å². The molecule has 1 aliphatic rings. The molecule has 0 spiro atoms. The molecular weight excluding hydrogens is 441 g/mol. The lowest BCUT2D eigenvalue weighted by Crippen LogP contribution is -2.14. The number of hydrogen-bond donors (Lipinski definition) is 0. The molecule has 0 nitrogen and oxygen atoms in total. The smallest absolute Gasteiger partial charge is 0.166 e. The molecule has 0 N–H and O–H groups in total. The molecule has 0 amide bonds. The molecule has 0 aliphatic heterocycles. The first-order valence-electron chi connectivity index (χ1n) is 13.0. The maximum Gasteiger partial charge on any atom is 0.166 e. The third kappa shape index (κ3) is 6.07. The minimum atomic E-state index is -0.779. The zero-order valence-electron chi connectivity index (χ0n) is 20.8. The van der Waals surface area contributed by atoms with Crippen molar-refractivity contribution in [2.45, 2.75) is 71.1 Å². The minimum Gasteiger partial charge on any atom is -0.206 e. The number of hydrogen-bond acceptors (Lipinski definition) is 0. The van der Waals surface area contributed by atoms with Crippen molar-refractivity contribution in [2.24, 2.45) is 5.92 Å². The van der Waals surface area contributed by atoms with Crippen molar-refractivity contribution in [3.63, 3.8) is 0 Å². The van der Waals surface area contributed by atoms with Gasteiger partial charge in [0.25, 0.3) is 0 Å². The van der Waals surface area contributed by atoms with Crippen LogP contribution in [0.15, 0.2) is 54.6 Å². The second-order valence-electron chi connectivity index (χ2n) is 9.87. The Morgan fingerprint density at radius 3 is 2.20 bits per heavy atom. The van der Waals surface area contributed by atoms with E-state index >= 15 is 0 Å². The summed E-state index contributed by atoms with van der Waals surface area (Å²) >= 11 is 0. The Bertz CT molecular complexity index is 1150. The van der Waals surface area contributed by atoms with Crippen LogP contribution in [0.1, 0.15) is 87.0 Å². The molecule has 1 fully saturated rings. The standard InChI is InChI=1S/C32H35F3/c1-3-5-6-24-12-19-28(30(33)21-24)25-15-9-23(10-16-25)11-17-27-18-20-29(32(35)31(27)34)26-13-7-22(4-2)8-14-26/h9-12,15-22,26H,3-8,13-14H2,1-2H3/b17-11+. The van der Waals surface area contributed by atoms with E-state index in [9.17, 15) is 13.2 Å². The average molecular weight is 477 g/mol. The fourth-order valence-electron chi connectivity index (χ4n) is 5.19. The van der Waals surface area contributed by atoms with Crippen LogP contribution < -0.4 is 0 Å². The van der Waals surface area contributed by atoms with Crippen LogP contribution in [0.2, 0.25) is 0 Å². The fraction of sp³-hybridized carbons (Fsp3) is 0.375. The second kappa shape index (κ2) is 11.7. The van der Waals surface area contributed by atoms with Crippen LogP contribution in [-0.4, -0.2) is 0 Å². The molecule has 35 heavy (non-hydrogen) atoms. The summed E-state index contributed by atoms with van der Waals surface area (Å²) in [5.41, 5.74) is 3.98. The first-order chi connectivity index (χ1) is 17.0. The van der Waals surface area contributed by atoms with Gasteiger partial charge in [0.05, 0.1) is 0 Å². The Balaban J connectivity index is 1.45. The van der Waals surface area contributed by atoms with E-state index in [1.54, 1.807) is 30.4 Å². The van der Waals surface area contributed by atoms with E-state index in [1.165, 1.54) is 0 Å². The lowest BCUT2D eigenvalue weighted by Gasteiger charge is -2.28. The van der Waals surface area contributed by atoms with E-state index in [2.05, 4.69) is 13.8 Å². The highest BCUT2D eigenvalue weighted by Crippen LogP contribution is 2.38. The monoisotopic (exact) mass is 476 g/mol. The van der Waals surface area contributed by atoms with Crippen LogP contribution in [0, 0.1) is 23.4 Å². The lowest BCUT2D eigenvalue weighted by molar-refractivity contribution is 0.312. The molecule has 0 bridgehead atoms. The normalized spacial score (nSPS) is 18.3. The van der Waals surface area contributed by atoms with Crippen molar-refractivity contribution in [2.75, 3.05) is 0 Å². The van der Waals surface area contributed by atoms with Crippen LogP contribution in [0.25, 0.3) is 23.3 Å². The number of unbranched alkanes of at least 4 members (excludes halogenated alkanes) is 1. The molecule has 0 radical (unpaired) electrons. The molecule has 3 heteroatoms. The third-order valence-corrected chi connectivity index (χ3v) is 7.54. The SMILES string of the molecule is CCCCc1ccc(-c2ccc(/C=C/c3ccc(C4CCC(CC)CC4)c(F)c3F)cc2)c(F)c1. The zero-order chi connectivity index (χ0) is 24.8. The van der Waals surface area contributed by atoms with E-state index in [-0.39, 0.29) is 17.3 Å². The maximum atomic E-state index is 14.9. The Morgan fingerprint density at radius 2 is 1.54 bits per heavy atom. The van der Waals surface area contributed by atoms with Gasteiger partial charge in [0.15, 0.2) is 11.6 Å². The van der Waals surface area contributed by atoms with Gasteiger partial charge in [-0.3, -0.25) is 0 Å². The molecule has 0 aromatic heterocycles. The summed E-state index contributed by atoms with van der Waals surface area (Å²) in [6, 6.07) is 16.3. The molecular formula is C32H35F3. The number of halogens is 3. The fourth-order valence-corrected chi connectivity index (χ4v) is 5.19. The second-order valence-corrected chi connectivity index (χ2v) is 9.87. The molecule has 1 saturated carbocycles. The lowest BCUT2D eigenvalue weighted by atomic mass is 9.77. The van der Waals surface area contributed by atoms with Crippen molar-refractivity contribution in [1.29, 1.82) is 0 Å². The van der Waals surface area contributed by atoms with Gasteiger partial charge >= 0.3 is 0 Å². The van der Waals surface area contributed by atoms with Crippen molar-refractivity contribution < 1.29 is 13.2 Å². The molecule has 1 aliphatic carbocycles. The number of rotatable bonds is 8. The van der Waals surface area contributed by atoms with Gasteiger partial charge in [0, 0.05) is 11.1 Å². The summed E-state index contributed by atoms with van der Waals surface area (Å²) < 4.78 is 44.3. The van der Waals surface area contributed by atoms with E-state index in [1.807, 2.05) is 36.4 Å². The van der Waals surface area contributed by atoms with Crippen molar-refractivity contribution in [3.8, 4) is 11.1 Å². The highest BCUT2D eigenvalue weighted by Gasteiger charge is 2.25. The maximum absolute atomic E-state index is 14.9. The van der Waals surface area contributed by atoms with E-state index in [0.717, 1.165) is 74.0 Å². The quantitative estimate of drug-likeness (QED) is 0.284. The Labute approximate surface area is 207 Å². The van der Waals surface area contributed by atoms with Crippen molar-refractivity contribution in [3.05, 3.63) is 94.3 Å². The third-order valence-electron chi connectivity index (χ3n) is 7.54. The van der Waals surface area contributed by atoms with Gasteiger partial charge in [0.2, 0.25) is 0 Å². The van der Waals surface area contributed by atoms with Crippen LogP contribution in [0.3, 0.4) is 0 Å². The van der Waals surface area contributed by atoms with Gasteiger partial charge in [-0.15, -0.1) is 0 Å². The Hall–Kier alpha value is -2.81. The van der Waals surface area contributed by atoms with Gasteiger partial charge < -0.3 is 0 Å². The summed E-state index contributed by atoms with van der Waals surface area (Å²) in [5.74, 6) is -0.880. The van der Waals surface area contributed by atoms with Gasteiger partial charge in [-0.2, -0.15) is 0 Å². The van der Waals surface area contributed by atoms with E-state index in [4.69, 9.17) is 0 Å². The molecule has 0 atom stereocenters. The average Bonchev–Trinajstić information content (AvgIpc) is 2.89. The van der Waals surface area contributed by atoms with Crippen molar-refractivity contribution >= 4 is 12.2 Å². The molecule has 3 aromatic rings. The van der Waals surface area contributed by atoms with Gasteiger partial charge in [0.1, 0.15) is 5.82 Å². The summed E-state index contributed by atoms with van der Waals surface area (Å²) in [5, 5.41) is 0. The molecule has 0 saturated heterocycles. The molecule has 0 heterocycles. The van der Waals surface area contributed by atoms with E-state index in [0.29, 0.717) is 11.1 Å². The molecule has 184 valence electrons. The molecule has 0 unspecified atom stereocenters. The highest BCUT2D eigenvalue weighted by atomic mass is 19.2. The zero-order valence-corrected chi connectivity index (χ0v) is 20.8. The van der Waals surface area contributed by atoms with Crippen LogP contribution >= 0.6 is 0 Å². The first-order valence-corrected chi connectivity index (χ1v) is 13.0. The Kier molecular flexibility index (Phi) is 8.49.